The van der Waals surface area contributed by atoms with Crippen molar-refractivity contribution in [2.24, 2.45) is 5.92 Å². The highest BCUT2D eigenvalue weighted by molar-refractivity contribution is 5.84. The van der Waals surface area contributed by atoms with Gasteiger partial charge in [-0.05, 0) is 62.4 Å². The first-order chi connectivity index (χ1) is 17.3. The van der Waals surface area contributed by atoms with Crippen LogP contribution in [0.25, 0.3) is 11.0 Å². The van der Waals surface area contributed by atoms with Gasteiger partial charge in [0.05, 0.1) is 31.1 Å². The number of aliphatic hydroxyl groups is 1. The second kappa shape index (κ2) is 13.0. The highest BCUT2D eigenvalue weighted by Gasteiger charge is 2.25. The van der Waals surface area contributed by atoms with E-state index in [4.69, 9.17) is 18.7 Å². The van der Waals surface area contributed by atoms with Crippen LogP contribution < -0.4 is 4.74 Å². The molecule has 2 aromatic carbocycles. The maximum absolute atomic E-state index is 9.99. The van der Waals surface area contributed by atoms with E-state index in [0.717, 1.165) is 49.1 Å². The maximum atomic E-state index is 9.99. The van der Waals surface area contributed by atoms with Crippen molar-refractivity contribution >= 4 is 11.0 Å². The molecule has 7 heteroatoms. The minimum Gasteiger partial charge on any atom is -0.488 e. The summed E-state index contributed by atoms with van der Waals surface area (Å²) in [6.07, 6.45) is 4.28. The molecule has 0 spiro atoms. The number of aryl methyl sites for hydroxylation is 1. The Morgan fingerprint density at radius 2 is 1.77 bits per heavy atom. The molecule has 2 aliphatic rings. The van der Waals surface area contributed by atoms with Crippen LogP contribution in [-0.2, 0) is 29.1 Å². The summed E-state index contributed by atoms with van der Waals surface area (Å²) >= 11 is 0. The first kappa shape index (κ1) is 25.6. The van der Waals surface area contributed by atoms with Crippen LogP contribution >= 0.6 is 0 Å². The lowest BCUT2D eigenvalue weighted by Gasteiger charge is -2.32. The lowest BCUT2D eigenvalue weighted by Crippen LogP contribution is -2.39. The van der Waals surface area contributed by atoms with Crippen molar-refractivity contribution < 1.29 is 23.8 Å². The third-order valence-corrected chi connectivity index (χ3v) is 6.77. The molecular formula is C28H38N2O5. The molecule has 1 N–H and O–H groups in total. The topological polar surface area (TPSA) is 77.2 Å². The van der Waals surface area contributed by atoms with E-state index in [1.54, 1.807) is 0 Å². The van der Waals surface area contributed by atoms with E-state index in [2.05, 4.69) is 10.1 Å². The summed E-state index contributed by atoms with van der Waals surface area (Å²) in [7, 11) is 0. The van der Waals surface area contributed by atoms with Crippen molar-refractivity contribution in [3.63, 3.8) is 0 Å². The summed E-state index contributed by atoms with van der Waals surface area (Å²) in [4.78, 5) is 2.45. The van der Waals surface area contributed by atoms with Crippen LogP contribution in [0.3, 0.4) is 0 Å². The van der Waals surface area contributed by atoms with Crippen molar-refractivity contribution in [3.05, 3.63) is 59.3 Å². The van der Waals surface area contributed by atoms with Crippen LogP contribution in [0.15, 0.2) is 47.0 Å². The van der Waals surface area contributed by atoms with E-state index in [0.29, 0.717) is 42.6 Å². The summed E-state index contributed by atoms with van der Waals surface area (Å²) in [5.74, 6) is 1.32. The lowest BCUT2D eigenvalue weighted by molar-refractivity contribution is -0.0661. The minimum absolute atomic E-state index is 0.0506. The van der Waals surface area contributed by atoms with Gasteiger partial charge in [0, 0.05) is 11.9 Å². The third-order valence-electron chi connectivity index (χ3n) is 6.77. The van der Waals surface area contributed by atoms with Gasteiger partial charge in [0.2, 0.25) is 0 Å². The highest BCUT2D eigenvalue weighted by Crippen LogP contribution is 2.32. The first-order valence-electron chi connectivity index (χ1n) is 12.9. The van der Waals surface area contributed by atoms with E-state index in [1.807, 2.05) is 56.3 Å². The normalized spacial score (nSPS) is 17.5. The second-order valence-electron chi connectivity index (χ2n) is 8.93. The Morgan fingerprint density at radius 1 is 1.03 bits per heavy atom. The van der Waals surface area contributed by atoms with Crippen LogP contribution in [0, 0.1) is 5.92 Å². The molecule has 0 atom stereocenters. The molecule has 7 nitrogen and oxygen atoms in total. The van der Waals surface area contributed by atoms with Gasteiger partial charge in [-0.25, -0.2) is 0 Å². The molecule has 3 heterocycles. The molecule has 0 bridgehead atoms. The van der Waals surface area contributed by atoms with Crippen LogP contribution in [0.1, 0.15) is 49.9 Å². The lowest BCUT2D eigenvalue weighted by atomic mass is 9.91. The number of benzene rings is 2. The molecule has 190 valence electrons. The number of piperidine rings is 1. The van der Waals surface area contributed by atoms with Gasteiger partial charge in [-0.3, -0.25) is 4.90 Å². The number of aromatic nitrogens is 1. The van der Waals surface area contributed by atoms with E-state index >= 15 is 0 Å². The number of hydrogen-bond donors (Lipinski definition) is 1. The predicted octanol–water partition coefficient (Wildman–Crippen LogP) is 4.94. The molecular weight excluding hydrogens is 444 g/mol. The van der Waals surface area contributed by atoms with Gasteiger partial charge in [0.15, 0.2) is 11.9 Å². The summed E-state index contributed by atoms with van der Waals surface area (Å²) in [5.41, 5.74) is 3.33. The Labute approximate surface area is 207 Å². The zero-order valence-electron chi connectivity index (χ0n) is 20.9. The first-order valence-corrected chi connectivity index (χ1v) is 12.9. The molecule has 2 aliphatic heterocycles. The molecule has 3 aromatic rings. The van der Waals surface area contributed by atoms with Gasteiger partial charge in [0.1, 0.15) is 12.4 Å². The van der Waals surface area contributed by atoms with E-state index in [1.165, 1.54) is 12.8 Å². The molecule has 5 rings (SSSR count). The Bertz CT molecular complexity index is 1020. The SMILES string of the molecule is CC.OCc1c(OCc2ccccc2)ccc2c(CCC3CCN(CC4OCCO4)CC3)noc12. The average molecular weight is 483 g/mol. The van der Waals surface area contributed by atoms with Gasteiger partial charge >= 0.3 is 0 Å². The number of likely N-dealkylation sites (tertiary alicyclic amines) is 1. The fraction of sp³-hybridized carbons (Fsp3) is 0.536. The summed E-state index contributed by atoms with van der Waals surface area (Å²) in [6, 6.07) is 13.9. The molecule has 0 aliphatic carbocycles. The molecule has 2 fully saturated rings. The van der Waals surface area contributed by atoms with Gasteiger partial charge in [-0.1, -0.05) is 49.3 Å². The van der Waals surface area contributed by atoms with Crippen molar-refractivity contribution in [3.8, 4) is 5.75 Å². The van der Waals surface area contributed by atoms with E-state index in [-0.39, 0.29) is 12.9 Å². The average Bonchev–Trinajstić information content (AvgIpc) is 3.58. The van der Waals surface area contributed by atoms with Crippen LogP contribution in [0.5, 0.6) is 5.75 Å². The van der Waals surface area contributed by atoms with Crippen LogP contribution in [-0.4, -0.2) is 54.3 Å². The molecule has 35 heavy (non-hydrogen) atoms. The molecule has 0 amide bonds. The smallest absolute Gasteiger partial charge is 0.176 e. The fourth-order valence-corrected chi connectivity index (χ4v) is 4.81. The standard InChI is InChI=1S/C26H32N2O5.C2H6/c29-17-22-24(32-18-20-4-2-1-3-5-20)9-7-21-23(27-33-26(21)22)8-6-19-10-12-28(13-11-19)16-25-30-14-15-31-25;1-2/h1-5,7,9,19,25,29H,6,8,10-18H2;1-2H3. The monoisotopic (exact) mass is 482 g/mol. The molecule has 0 unspecified atom stereocenters. The molecule has 1 aromatic heterocycles. The zero-order chi connectivity index (χ0) is 24.5. The van der Waals surface area contributed by atoms with E-state index in [9.17, 15) is 5.11 Å². The minimum atomic E-state index is -0.150. The third kappa shape index (κ3) is 6.61. The van der Waals surface area contributed by atoms with Gasteiger partial charge < -0.3 is 23.8 Å². The Hall–Kier alpha value is -2.45. The number of aliphatic hydroxyl groups excluding tert-OH is 1. The van der Waals surface area contributed by atoms with Crippen molar-refractivity contribution in [1.29, 1.82) is 0 Å². The summed E-state index contributed by atoms with van der Waals surface area (Å²) < 4.78 is 22.8. The molecule has 0 saturated carbocycles. The predicted molar refractivity (Wildman–Crippen MR) is 135 cm³/mol. The number of nitrogens with zero attached hydrogens (tertiary/aromatic N) is 2. The second-order valence-corrected chi connectivity index (χ2v) is 8.93. The quantitative estimate of drug-likeness (QED) is 0.463. The van der Waals surface area contributed by atoms with Gasteiger partial charge in [0.25, 0.3) is 0 Å². The molecule has 2 saturated heterocycles. The Balaban J connectivity index is 0.00000141. The summed E-state index contributed by atoms with van der Waals surface area (Å²) in [6.45, 7) is 8.77. The van der Waals surface area contributed by atoms with Crippen LogP contribution in [0.4, 0.5) is 0 Å². The Kier molecular flexibility index (Phi) is 9.54. The number of rotatable bonds is 9. The fourth-order valence-electron chi connectivity index (χ4n) is 4.81. The van der Waals surface area contributed by atoms with Gasteiger partial charge in [-0.2, -0.15) is 0 Å². The number of fused-ring (bicyclic) bond motifs is 1. The summed E-state index contributed by atoms with van der Waals surface area (Å²) in [5, 5.41) is 15.3. The largest absolute Gasteiger partial charge is 0.488 e. The Morgan fingerprint density at radius 3 is 2.49 bits per heavy atom. The van der Waals surface area contributed by atoms with Crippen molar-refractivity contribution in [2.45, 2.75) is 59.0 Å². The molecule has 0 radical (unpaired) electrons. The van der Waals surface area contributed by atoms with Crippen molar-refractivity contribution in [2.75, 3.05) is 32.8 Å². The highest BCUT2D eigenvalue weighted by atomic mass is 16.7. The van der Waals surface area contributed by atoms with Crippen molar-refractivity contribution in [1.82, 2.24) is 10.1 Å². The van der Waals surface area contributed by atoms with Gasteiger partial charge in [-0.15, -0.1) is 0 Å². The maximum Gasteiger partial charge on any atom is 0.176 e. The number of ether oxygens (including phenoxy) is 3. The zero-order valence-corrected chi connectivity index (χ0v) is 20.9. The van der Waals surface area contributed by atoms with E-state index < -0.39 is 0 Å². The number of hydrogen-bond acceptors (Lipinski definition) is 7. The van der Waals surface area contributed by atoms with Crippen LogP contribution in [0.2, 0.25) is 0 Å².